The minimum atomic E-state index is -0.266. The molecule has 1 amide bonds. The van der Waals surface area contributed by atoms with Crippen molar-refractivity contribution >= 4 is 39.0 Å². The number of carbonyl (C=O) groups excluding carboxylic acids is 1. The summed E-state index contributed by atoms with van der Waals surface area (Å²) in [5.41, 5.74) is 3.02. The number of benzene rings is 1. The van der Waals surface area contributed by atoms with Crippen LogP contribution in [0.5, 0.6) is 0 Å². The fourth-order valence-electron chi connectivity index (χ4n) is 2.81. The van der Waals surface area contributed by atoms with Crippen molar-refractivity contribution in [3.05, 3.63) is 70.8 Å². The van der Waals surface area contributed by atoms with Crippen LogP contribution < -0.4 is 10.6 Å². The molecular formula is C20H18N4O2S. The first kappa shape index (κ1) is 17.2. The number of carbonyl (C=O) groups is 1. The minimum absolute atomic E-state index is 0.266. The first-order valence-electron chi connectivity index (χ1n) is 8.50. The van der Waals surface area contributed by atoms with Crippen molar-refractivity contribution in [2.75, 3.05) is 10.6 Å². The summed E-state index contributed by atoms with van der Waals surface area (Å²) in [6.45, 7) is 4.83. The molecule has 7 heteroatoms. The van der Waals surface area contributed by atoms with E-state index in [1.165, 1.54) is 16.7 Å². The molecule has 2 N–H and O–H groups in total. The molecule has 27 heavy (non-hydrogen) atoms. The molecule has 1 aromatic carbocycles. The Morgan fingerprint density at radius 3 is 2.70 bits per heavy atom. The van der Waals surface area contributed by atoms with E-state index in [2.05, 4.69) is 34.4 Å². The third kappa shape index (κ3) is 3.54. The standard InChI is InChI=1S/C20H18N4O2S/c1-12-13(2)27-20-17(12)18(22-11-23-20)21-10-14-5-7-15(8-6-14)24-19(25)16-4-3-9-26-16/h3-9,11H,10H2,1-2H3,(H,24,25)(H,21,22,23). The molecule has 0 fully saturated rings. The SMILES string of the molecule is Cc1sc2ncnc(NCc3ccc(NC(=O)c4ccco4)cc3)c2c1C. The minimum Gasteiger partial charge on any atom is -0.459 e. The number of amides is 1. The zero-order valence-electron chi connectivity index (χ0n) is 14.9. The maximum absolute atomic E-state index is 12.0. The van der Waals surface area contributed by atoms with Gasteiger partial charge < -0.3 is 15.1 Å². The highest BCUT2D eigenvalue weighted by Crippen LogP contribution is 2.32. The number of thiophene rings is 1. The quantitative estimate of drug-likeness (QED) is 0.523. The van der Waals surface area contributed by atoms with E-state index in [0.29, 0.717) is 12.2 Å². The molecule has 136 valence electrons. The van der Waals surface area contributed by atoms with Gasteiger partial charge in [-0.2, -0.15) is 0 Å². The second-order valence-electron chi connectivity index (χ2n) is 6.17. The first-order valence-corrected chi connectivity index (χ1v) is 9.32. The summed E-state index contributed by atoms with van der Waals surface area (Å²) < 4.78 is 5.09. The van der Waals surface area contributed by atoms with Crippen molar-refractivity contribution < 1.29 is 9.21 Å². The van der Waals surface area contributed by atoms with Gasteiger partial charge in [0.25, 0.3) is 5.91 Å². The summed E-state index contributed by atoms with van der Waals surface area (Å²) in [6, 6.07) is 11.0. The monoisotopic (exact) mass is 378 g/mol. The van der Waals surface area contributed by atoms with Crippen molar-refractivity contribution in [2.45, 2.75) is 20.4 Å². The van der Waals surface area contributed by atoms with Crippen molar-refractivity contribution in [3.8, 4) is 0 Å². The lowest BCUT2D eigenvalue weighted by molar-refractivity contribution is 0.0996. The number of fused-ring (bicyclic) bond motifs is 1. The van der Waals surface area contributed by atoms with Gasteiger partial charge in [0.1, 0.15) is 17.0 Å². The average molecular weight is 378 g/mol. The van der Waals surface area contributed by atoms with Gasteiger partial charge in [-0.25, -0.2) is 9.97 Å². The largest absolute Gasteiger partial charge is 0.459 e. The summed E-state index contributed by atoms with van der Waals surface area (Å²) in [5.74, 6) is 0.865. The molecule has 0 spiro atoms. The van der Waals surface area contributed by atoms with Crippen LogP contribution in [0.25, 0.3) is 10.2 Å². The Morgan fingerprint density at radius 1 is 1.15 bits per heavy atom. The van der Waals surface area contributed by atoms with Crippen molar-refractivity contribution in [1.29, 1.82) is 0 Å². The average Bonchev–Trinajstić information content (AvgIpc) is 3.30. The maximum atomic E-state index is 12.0. The lowest BCUT2D eigenvalue weighted by Gasteiger charge is -2.09. The van der Waals surface area contributed by atoms with E-state index >= 15 is 0 Å². The highest BCUT2D eigenvalue weighted by molar-refractivity contribution is 7.18. The molecule has 4 aromatic rings. The molecule has 0 saturated heterocycles. The molecule has 3 heterocycles. The summed E-state index contributed by atoms with van der Waals surface area (Å²) >= 11 is 1.68. The maximum Gasteiger partial charge on any atom is 0.291 e. The number of nitrogens with one attached hydrogen (secondary N) is 2. The molecule has 0 atom stereocenters. The van der Waals surface area contributed by atoms with E-state index in [0.717, 1.165) is 21.6 Å². The molecule has 0 saturated carbocycles. The van der Waals surface area contributed by atoms with Gasteiger partial charge in [0.2, 0.25) is 0 Å². The molecule has 4 rings (SSSR count). The van der Waals surface area contributed by atoms with Gasteiger partial charge in [-0.1, -0.05) is 12.1 Å². The van der Waals surface area contributed by atoms with Gasteiger partial charge in [0.15, 0.2) is 5.76 Å². The number of hydrogen-bond donors (Lipinski definition) is 2. The number of nitrogens with zero attached hydrogens (tertiary/aromatic N) is 2. The van der Waals surface area contributed by atoms with Gasteiger partial charge in [-0.15, -0.1) is 11.3 Å². The zero-order chi connectivity index (χ0) is 18.8. The Bertz CT molecular complexity index is 1090. The lowest BCUT2D eigenvalue weighted by atomic mass is 10.2. The number of rotatable bonds is 5. The Hall–Kier alpha value is -3.19. The van der Waals surface area contributed by atoms with E-state index in [1.807, 2.05) is 24.3 Å². The van der Waals surface area contributed by atoms with Crippen LogP contribution in [0, 0.1) is 13.8 Å². The third-order valence-electron chi connectivity index (χ3n) is 4.38. The van der Waals surface area contributed by atoms with E-state index in [4.69, 9.17) is 4.42 Å². The van der Waals surface area contributed by atoms with Crippen LogP contribution in [0.3, 0.4) is 0 Å². The van der Waals surface area contributed by atoms with Gasteiger partial charge in [0.05, 0.1) is 11.6 Å². The number of aromatic nitrogens is 2. The summed E-state index contributed by atoms with van der Waals surface area (Å²) in [7, 11) is 0. The van der Waals surface area contributed by atoms with Crippen LogP contribution in [-0.2, 0) is 6.54 Å². The number of furan rings is 1. The van der Waals surface area contributed by atoms with E-state index in [-0.39, 0.29) is 11.7 Å². The fraction of sp³-hybridized carbons (Fsp3) is 0.150. The second kappa shape index (κ2) is 7.20. The summed E-state index contributed by atoms with van der Waals surface area (Å²) in [4.78, 5) is 23.0. The number of hydrogen-bond acceptors (Lipinski definition) is 6. The van der Waals surface area contributed by atoms with Crippen LogP contribution >= 0.6 is 11.3 Å². The Morgan fingerprint density at radius 2 is 1.96 bits per heavy atom. The molecule has 0 bridgehead atoms. The van der Waals surface area contributed by atoms with Crippen LogP contribution in [0.4, 0.5) is 11.5 Å². The molecule has 0 aliphatic rings. The van der Waals surface area contributed by atoms with Gasteiger partial charge in [0, 0.05) is 17.1 Å². The number of anilines is 2. The summed E-state index contributed by atoms with van der Waals surface area (Å²) in [5, 5.41) is 7.29. The van der Waals surface area contributed by atoms with E-state index in [1.54, 1.807) is 29.8 Å². The molecule has 0 radical (unpaired) electrons. The van der Waals surface area contributed by atoms with Crippen LogP contribution in [0.15, 0.2) is 53.4 Å². The van der Waals surface area contributed by atoms with Crippen molar-refractivity contribution in [2.24, 2.45) is 0 Å². The molecule has 3 aromatic heterocycles. The molecule has 0 aliphatic carbocycles. The Kier molecular flexibility index (Phi) is 4.60. The van der Waals surface area contributed by atoms with Crippen molar-refractivity contribution in [1.82, 2.24) is 9.97 Å². The van der Waals surface area contributed by atoms with Gasteiger partial charge >= 0.3 is 0 Å². The highest BCUT2D eigenvalue weighted by Gasteiger charge is 2.12. The van der Waals surface area contributed by atoms with E-state index < -0.39 is 0 Å². The Labute approximate surface area is 160 Å². The smallest absolute Gasteiger partial charge is 0.291 e. The van der Waals surface area contributed by atoms with Gasteiger partial charge in [-0.05, 0) is 49.2 Å². The van der Waals surface area contributed by atoms with Crippen LogP contribution in [-0.4, -0.2) is 15.9 Å². The molecule has 6 nitrogen and oxygen atoms in total. The van der Waals surface area contributed by atoms with Crippen LogP contribution in [0.2, 0.25) is 0 Å². The predicted molar refractivity (Wildman–Crippen MR) is 107 cm³/mol. The third-order valence-corrected chi connectivity index (χ3v) is 5.50. The lowest BCUT2D eigenvalue weighted by Crippen LogP contribution is -2.10. The number of aryl methyl sites for hydroxylation is 2. The molecular weight excluding hydrogens is 360 g/mol. The predicted octanol–water partition coefficient (Wildman–Crippen LogP) is 4.77. The second-order valence-corrected chi connectivity index (χ2v) is 7.37. The normalized spacial score (nSPS) is 10.9. The first-order chi connectivity index (χ1) is 13.1. The molecule has 0 aliphatic heterocycles. The Balaban J connectivity index is 1.44. The highest BCUT2D eigenvalue weighted by atomic mass is 32.1. The fourth-order valence-corrected chi connectivity index (χ4v) is 3.81. The topological polar surface area (TPSA) is 80.0 Å². The van der Waals surface area contributed by atoms with Crippen molar-refractivity contribution in [3.63, 3.8) is 0 Å². The van der Waals surface area contributed by atoms with E-state index in [9.17, 15) is 4.79 Å². The van der Waals surface area contributed by atoms with Crippen LogP contribution in [0.1, 0.15) is 26.6 Å². The summed E-state index contributed by atoms with van der Waals surface area (Å²) in [6.07, 6.45) is 3.07. The molecule has 0 unspecified atom stereocenters. The zero-order valence-corrected chi connectivity index (χ0v) is 15.8. The van der Waals surface area contributed by atoms with Gasteiger partial charge in [-0.3, -0.25) is 4.79 Å².